The molecule has 102 valence electrons. The monoisotopic (exact) mass is 277 g/mol. The summed E-state index contributed by atoms with van der Waals surface area (Å²) < 4.78 is 0. The van der Waals surface area contributed by atoms with Crippen LogP contribution in [0.15, 0.2) is 30.3 Å². The van der Waals surface area contributed by atoms with Crippen molar-refractivity contribution in [1.82, 2.24) is 4.90 Å². The fraction of sp³-hybridized carbons (Fsp3) is 0.400. The lowest BCUT2D eigenvalue weighted by molar-refractivity contribution is -0.131. The van der Waals surface area contributed by atoms with E-state index in [-0.39, 0.29) is 0 Å². The number of carboxylic acids is 1. The van der Waals surface area contributed by atoms with Crippen LogP contribution in [0, 0.1) is 0 Å². The van der Waals surface area contributed by atoms with Crippen molar-refractivity contribution >= 4 is 23.8 Å². The minimum absolute atomic E-state index is 0.676. The van der Waals surface area contributed by atoms with Gasteiger partial charge in [-0.2, -0.15) is 11.8 Å². The highest BCUT2D eigenvalue weighted by Crippen LogP contribution is 2.21. The van der Waals surface area contributed by atoms with Crippen LogP contribution in [0.5, 0.6) is 0 Å². The molecule has 0 aliphatic carbocycles. The summed E-state index contributed by atoms with van der Waals surface area (Å²) >= 11 is 2.02. The predicted octanol–water partition coefficient (Wildman–Crippen LogP) is 2.72. The van der Waals surface area contributed by atoms with E-state index in [0.717, 1.165) is 25.2 Å². The van der Waals surface area contributed by atoms with Crippen molar-refractivity contribution in [2.24, 2.45) is 0 Å². The lowest BCUT2D eigenvalue weighted by atomic mass is 10.1. The van der Waals surface area contributed by atoms with Gasteiger partial charge in [-0.05, 0) is 17.2 Å². The van der Waals surface area contributed by atoms with E-state index in [1.165, 1.54) is 17.4 Å². The Hall–Kier alpha value is -1.26. The van der Waals surface area contributed by atoms with Gasteiger partial charge in [0.1, 0.15) is 0 Å². The molecule has 1 atom stereocenters. The van der Waals surface area contributed by atoms with E-state index in [1.807, 2.05) is 30.0 Å². The maximum Gasteiger partial charge on any atom is 0.328 e. The number of rotatable bonds is 4. The highest BCUT2D eigenvalue weighted by atomic mass is 32.2. The molecule has 1 unspecified atom stereocenters. The van der Waals surface area contributed by atoms with Crippen LogP contribution in [0.4, 0.5) is 0 Å². The quantitative estimate of drug-likeness (QED) is 0.859. The Morgan fingerprint density at radius 2 is 2.32 bits per heavy atom. The lowest BCUT2D eigenvalue weighted by Gasteiger charge is -2.30. The van der Waals surface area contributed by atoms with Crippen LogP contribution in [0.2, 0.25) is 0 Å². The predicted molar refractivity (Wildman–Crippen MR) is 80.3 cm³/mol. The van der Waals surface area contributed by atoms with E-state index in [4.69, 9.17) is 5.11 Å². The lowest BCUT2D eigenvalue weighted by Crippen LogP contribution is -2.36. The van der Waals surface area contributed by atoms with Crippen molar-refractivity contribution in [3.63, 3.8) is 0 Å². The molecule has 0 aromatic heterocycles. The Bertz CT molecular complexity index is 473. The summed E-state index contributed by atoms with van der Waals surface area (Å²) in [5.74, 6) is 0.270. The van der Waals surface area contributed by atoms with Gasteiger partial charge < -0.3 is 5.11 Å². The van der Waals surface area contributed by atoms with E-state index in [1.54, 1.807) is 6.08 Å². The number of benzene rings is 1. The highest BCUT2D eigenvalue weighted by molar-refractivity contribution is 7.99. The maximum atomic E-state index is 10.6. The largest absolute Gasteiger partial charge is 0.478 e. The van der Waals surface area contributed by atoms with Gasteiger partial charge in [0, 0.05) is 36.7 Å². The second-order valence-electron chi connectivity index (χ2n) is 4.79. The SMILES string of the molecule is CC1CN(Cc2ccccc2/C=C/C(=O)O)CCS1. The molecule has 4 heteroatoms. The molecular weight excluding hydrogens is 258 g/mol. The van der Waals surface area contributed by atoms with Crippen molar-refractivity contribution in [2.75, 3.05) is 18.8 Å². The first-order valence-electron chi connectivity index (χ1n) is 6.48. The number of thioether (sulfide) groups is 1. The zero-order chi connectivity index (χ0) is 13.7. The minimum atomic E-state index is -0.905. The number of aliphatic carboxylic acids is 1. The first-order chi connectivity index (χ1) is 9.15. The third kappa shape index (κ3) is 4.40. The molecule has 1 aliphatic rings. The van der Waals surface area contributed by atoms with Crippen LogP contribution >= 0.6 is 11.8 Å². The molecule has 0 bridgehead atoms. The first-order valence-corrected chi connectivity index (χ1v) is 7.53. The van der Waals surface area contributed by atoms with Gasteiger partial charge in [-0.25, -0.2) is 4.79 Å². The highest BCUT2D eigenvalue weighted by Gasteiger charge is 2.17. The molecule has 1 fully saturated rings. The van der Waals surface area contributed by atoms with Gasteiger partial charge in [-0.3, -0.25) is 4.90 Å². The van der Waals surface area contributed by atoms with E-state index in [9.17, 15) is 4.79 Å². The summed E-state index contributed by atoms with van der Waals surface area (Å²) in [5.41, 5.74) is 2.19. The summed E-state index contributed by atoms with van der Waals surface area (Å²) in [5, 5.41) is 9.40. The molecule has 2 rings (SSSR count). The average Bonchev–Trinajstić information content (AvgIpc) is 2.38. The summed E-state index contributed by atoms with van der Waals surface area (Å²) in [6.45, 7) is 5.35. The van der Waals surface area contributed by atoms with Gasteiger partial charge in [0.05, 0.1) is 0 Å². The van der Waals surface area contributed by atoms with E-state index in [2.05, 4.69) is 17.9 Å². The fourth-order valence-corrected chi connectivity index (χ4v) is 3.36. The van der Waals surface area contributed by atoms with E-state index < -0.39 is 5.97 Å². The van der Waals surface area contributed by atoms with Crippen molar-refractivity contribution in [1.29, 1.82) is 0 Å². The van der Waals surface area contributed by atoms with Crippen molar-refractivity contribution in [3.05, 3.63) is 41.5 Å². The van der Waals surface area contributed by atoms with Crippen LogP contribution < -0.4 is 0 Å². The summed E-state index contributed by atoms with van der Waals surface area (Å²) in [7, 11) is 0. The molecular formula is C15H19NO2S. The van der Waals surface area contributed by atoms with Gasteiger partial charge in [0.2, 0.25) is 0 Å². The second-order valence-corrected chi connectivity index (χ2v) is 6.33. The zero-order valence-corrected chi connectivity index (χ0v) is 11.9. The van der Waals surface area contributed by atoms with Crippen LogP contribution in [0.1, 0.15) is 18.1 Å². The molecule has 0 radical (unpaired) electrons. The summed E-state index contributed by atoms with van der Waals surface area (Å²) in [6, 6.07) is 8.00. The first kappa shape index (κ1) is 14.2. The summed E-state index contributed by atoms with van der Waals surface area (Å²) in [6.07, 6.45) is 2.88. The normalized spacial score (nSPS) is 20.8. The van der Waals surface area contributed by atoms with Crippen molar-refractivity contribution < 1.29 is 9.90 Å². The Labute approximate surface area is 118 Å². The van der Waals surface area contributed by atoms with Crippen LogP contribution in [0.25, 0.3) is 6.08 Å². The number of carboxylic acid groups (broad SMARTS) is 1. The smallest absolute Gasteiger partial charge is 0.328 e. The molecule has 1 aromatic carbocycles. The number of hydrogen-bond acceptors (Lipinski definition) is 3. The minimum Gasteiger partial charge on any atom is -0.478 e. The van der Waals surface area contributed by atoms with Crippen LogP contribution in [-0.4, -0.2) is 40.1 Å². The zero-order valence-electron chi connectivity index (χ0n) is 11.1. The number of carbonyl (C=O) groups is 1. The molecule has 1 heterocycles. The topological polar surface area (TPSA) is 40.5 Å². The second kappa shape index (κ2) is 6.78. The molecule has 1 saturated heterocycles. The number of nitrogens with zero attached hydrogens (tertiary/aromatic N) is 1. The van der Waals surface area contributed by atoms with Gasteiger partial charge in [0.25, 0.3) is 0 Å². The van der Waals surface area contributed by atoms with Gasteiger partial charge in [-0.15, -0.1) is 0 Å². The Kier molecular flexibility index (Phi) is 5.05. The van der Waals surface area contributed by atoms with Crippen molar-refractivity contribution in [3.8, 4) is 0 Å². The third-order valence-corrected chi connectivity index (χ3v) is 4.32. The van der Waals surface area contributed by atoms with E-state index in [0.29, 0.717) is 5.25 Å². The third-order valence-electron chi connectivity index (χ3n) is 3.18. The molecule has 0 saturated carbocycles. The Morgan fingerprint density at radius 3 is 3.05 bits per heavy atom. The van der Waals surface area contributed by atoms with Gasteiger partial charge in [-0.1, -0.05) is 31.2 Å². The molecule has 1 N–H and O–H groups in total. The maximum absolute atomic E-state index is 10.6. The average molecular weight is 277 g/mol. The fourth-order valence-electron chi connectivity index (χ4n) is 2.28. The Morgan fingerprint density at radius 1 is 1.53 bits per heavy atom. The van der Waals surface area contributed by atoms with Crippen LogP contribution in [-0.2, 0) is 11.3 Å². The molecule has 19 heavy (non-hydrogen) atoms. The molecule has 1 aromatic rings. The van der Waals surface area contributed by atoms with Gasteiger partial charge >= 0.3 is 5.97 Å². The molecule has 0 spiro atoms. The molecule has 1 aliphatic heterocycles. The summed E-state index contributed by atoms with van der Waals surface area (Å²) in [4.78, 5) is 13.1. The Balaban J connectivity index is 2.09. The number of hydrogen-bond donors (Lipinski definition) is 1. The van der Waals surface area contributed by atoms with Crippen LogP contribution in [0.3, 0.4) is 0 Å². The molecule has 0 amide bonds. The van der Waals surface area contributed by atoms with E-state index >= 15 is 0 Å². The molecule has 3 nitrogen and oxygen atoms in total. The van der Waals surface area contributed by atoms with Gasteiger partial charge in [0.15, 0.2) is 0 Å². The standard InChI is InChI=1S/C15H19NO2S/c1-12-10-16(8-9-19-12)11-14-5-3-2-4-13(14)6-7-15(17)18/h2-7,12H,8-11H2,1H3,(H,17,18)/b7-6+. The van der Waals surface area contributed by atoms with Crippen molar-refractivity contribution in [2.45, 2.75) is 18.7 Å².